The summed E-state index contributed by atoms with van der Waals surface area (Å²) in [5.41, 5.74) is 2.81. The maximum Gasteiger partial charge on any atom is 0.508 e. The second-order valence-corrected chi connectivity index (χ2v) is 5.36. The highest BCUT2D eigenvalue weighted by Gasteiger charge is 2.16. The lowest BCUT2D eigenvalue weighted by atomic mass is 9.95. The van der Waals surface area contributed by atoms with Crippen molar-refractivity contribution in [3.05, 3.63) is 35.4 Å². The average molecular weight is 276 g/mol. The molecule has 0 aromatic heterocycles. The largest absolute Gasteiger partial charge is 0.508 e. The van der Waals surface area contributed by atoms with Crippen LogP contribution in [-0.4, -0.2) is 19.4 Å². The summed E-state index contributed by atoms with van der Waals surface area (Å²) in [4.78, 5) is 11.0. The van der Waals surface area contributed by atoms with Gasteiger partial charge in [-0.1, -0.05) is 37.1 Å². The molecule has 0 amide bonds. The molecular weight excluding hydrogens is 252 g/mol. The van der Waals surface area contributed by atoms with E-state index in [1.54, 1.807) is 6.92 Å². The Morgan fingerprint density at radius 3 is 2.80 bits per heavy atom. The maximum absolute atomic E-state index is 11.0. The number of hydrogen-bond donors (Lipinski definition) is 0. The molecule has 1 aliphatic carbocycles. The van der Waals surface area contributed by atoms with Gasteiger partial charge in [-0.05, 0) is 49.7 Å². The van der Waals surface area contributed by atoms with Crippen LogP contribution in [0.25, 0.3) is 0 Å². The van der Waals surface area contributed by atoms with Gasteiger partial charge >= 0.3 is 6.16 Å². The van der Waals surface area contributed by atoms with Crippen LogP contribution in [0.2, 0.25) is 0 Å². The van der Waals surface area contributed by atoms with Gasteiger partial charge in [-0.2, -0.15) is 0 Å². The summed E-state index contributed by atoms with van der Waals surface area (Å²) in [7, 11) is 0. The van der Waals surface area contributed by atoms with Crippen LogP contribution in [0.3, 0.4) is 0 Å². The Morgan fingerprint density at radius 1 is 1.25 bits per heavy atom. The minimum atomic E-state index is -0.563. The summed E-state index contributed by atoms with van der Waals surface area (Å²) in [5, 5.41) is 0. The van der Waals surface area contributed by atoms with Crippen LogP contribution in [0.4, 0.5) is 4.79 Å². The van der Waals surface area contributed by atoms with E-state index in [-0.39, 0.29) is 0 Å². The second-order valence-electron chi connectivity index (χ2n) is 5.36. The van der Waals surface area contributed by atoms with Gasteiger partial charge in [0, 0.05) is 0 Å². The third-order valence-electron chi connectivity index (χ3n) is 3.87. The first-order valence-corrected chi connectivity index (χ1v) is 7.68. The number of aryl methyl sites for hydroxylation is 1. The first kappa shape index (κ1) is 14.9. The van der Waals surface area contributed by atoms with Crippen LogP contribution in [0.5, 0.6) is 0 Å². The lowest BCUT2D eigenvalue weighted by Gasteiger charge is -2.11. The highest BCUT2D eigenvalue weighted by molar-refractivity contribution is 5.59. The van der Waals surface area contributed by atoms with E-state index in [2.05, 4.69) is 24.3 Å². The molecule has 0 atom stereocenters. The highest BCUT2D eigenvalue weighted by Crippen LogP contribution is 2.34. The van der Waals surface area contributed by atoms with E-state index < -0.39 is 6.16 Å². The van der Waals surface area contributed by atoms with E-state index in [0.29, 0.717) is 13.2 Å². The van der Waals surface area contributed by atoms with Gasteiger partial charge in [-0.15, -0.1) is 0 Å². The smallest absolute Gasteiger partial charge is 0.435 e. The summed E-state index contributed by atoms with van der Waals surface area (Å²) >= 11 is 0. The number of hydrogen-bond acceptors (Lipinski definition) is 3. The van der Waals surface area contributed by atoms with Crippen LogP contribution in [-0.2, 0) is 15.9 Å². The normalized spacial score (nSPS) is 15.2. The minimum Gasteiger partial charge on any atom is -0.435 e. The molecule has 0 radical (unpaired) electrons. The molecule has 3 nitrogen and oxygen atoms in total. The Hall–Kier alpha value is -1.51. The molecule has 2 rings (SSSR count). The molecule has 20 heavy (non-hydrogen) atoms. The maximum atomic E-state index is 11.0. The summed E-state index contributed by atoms with van der Waals surface area (Å²) in [5.74, 6) is 0.755. The summed E-state index contributed by atoms with van der Waals surface area (Å²) in [6.07, 6.45) is 6.61. The number of carbonyl (C=O) groups is 1. The summed E-state index contributed by atoms with van der Waals surface area (Å²) < 4.78 is 9.69. The van der Waals surface area contributed by atoms with Gasteiger partial charge < -0.3 is 9.47 Å². The fourth-order valence-corrected chi connectivity index (χ4v) is 2.85. The fraction of sp³-hybridized carbons (Fsp3) is 0.588. The van der Waals surface area contributed by atoms with Gasteiger partial charge in [0.15, 0.2) is 0 Å². The number of rotatable bonds is 6. The molecule has 1 aromatic carbocycles. The zero-order chi connectivity index (χ0) is 14.2. The SMILES string of the molecule is CCOC(=O)OCCCc1cccc(C2CCCC2)c1. The zero-order valence-electron chi connectivity index (χ0n) is 12.3. The van der Waals surface area contributed by atoms with Crippen LogP contribution < -0.4 is 0 Å². The number of benzene rings is 1. The molecule has 0 N–H and O–H groups in total. The Labute approximate surface area is 121 Å². The van der Waals surface area contributed by atoms with Gasteiger partial charge in [0.1, 0.15) is 0 Å². The Bertz CT molecular complexity index is 422. The lowest BCUT2D eigenvalue weighted by molar-refractivity contribution is 0.0584. The third kappa shape index (κ3) is 4.55. The molecule has 0 saturated heterocycles. The monoisotopic (exact) mass is 276 g/mol. The Balaban J connectivity index is 1.75. The standard InChI is InChI=1S/C17H24O3/c1-2-19-17(18)20-12-6-8-14-7-5-11-16(13-14)15-9-3-4-10-15/h5,7,11,13,15H,2-4,6,8-10,12H2,1H3. The predicted molar refractivity (Wildman–Crippen MR) is 78.9 cm³/mol. The molecule has 1 fully saturated rings. The van der Waals surface area contributed by atoms with Crippen molar-refractivity contribution in [1.82, 2.24) is 0 Å². The second kappa shape index (κ2) is 7.93. The highest BCUT2D eigenvalue weighted by atomic mass is 16.7. The Kier molecular flexibility index (Phi) is 5.90. The molecule has 1 aliphatic rings. The molecule has 0 bridgehead atoms. The molecule has 0 unspecified atom stereocenters. The van der Waals surface area contributed by atoms with Gasteiger partial charge in [-0.3, -0.25) is 0 Å². The molecule has 1 aromatic rings. The molecule has 1 saturated carbocycles. The number of ether oxygens (including phenoxy) is 2. The van der Waals surface area contributed by atoms with Crippen molar-refractivity contribution >= 4 is 6.16 Å². The van der Waals surface area contributed by atoms with Crippen molar-refractivity contribution in [2.24, 2.45) is 0 Å². The van der Waals surface area contributed by atoms with E-state index in [1.807, 2.05) is 0 Å². The van der Waals surface area contributed by atoms with Crippen molar-refractivity contribution in [3.8, 4) is 0 Å². The first-order valence-electron chi connectivity index (χ1n) is 7.68. The van der Waals surface area contributed by atoms with E-state index in [1.165, 1.54) is 36.8 Å². The topological polar surface area (TPSA) is 35.5 Å². The first-order chi connectivity index (χ1) is 9.79. The van der Waals surface area contributed by atoms with Gasteiger partial charge in [0.05, 0.1) is 13.2 Å². The van der Waals surface area contributed by atoms with E-state index in [9.17, 15) is 4.79 Å². The molecule has 0 aliphatic heterocycles. The lowest BCUT2D eigenvalue weighted by Crippen LogP contribution is -2.08. The van der Waals surface area contributed by atoms with Crippen LogP contribution in [0, 0.1) is 0 Å². The Morgan fingerprint density at radius 2 is 2.05 bits per heavy atom. The molecule has 0 spiro atoms. The molecule has 3 heteroatoms. The summed E-state index contributed by atoms with van der Waals surface area (Å²) in [6, 6.07) is 8.87. The quantitative estimate of drug-likeness (QED) is 0.569. The van der Waals surface area contributed by atoms with Gasteiger partial charge in [-0.25, -0.2) is 4.79 Å². The average Bonchev–Trinajstić information content (AvgIpc) is 2.98. The van der Waals surface area contributed by atoms with E-state index >= 15 is 0 Å². The molecule has 110 valence electrons. The molecule has 0 heterocycles. The van der Waals surface area contributed by atoms with Crippen molar-refractivity contribution < 1.29 is 14.3 Å². The summed E-state index contributed by atoms with van der Waals surface area (Å²) in [6.45, 7) is 2.56. The minimum absolute atomic E-state index is 0.363. The predicted octanol–water partition coefficient (Wildman–Crippen LogP) is 4.45. The van der Waals surface area contributed by atoms with Crippen molar-refractivity contribution in [1.29, 1.82) is 0 Å². The van der Waals surface area contributed by atoms with Crippen molar-refractivity contribution in [2.75, 3.05) is 13.2 Å². The van der Waals surface area contributed by atoms with Crippen LogP contribution in [0.1, 0.15) is 56.1 Å². The van der Waals surface area contributed by atoms with Crippen molar-refractivity contribution in [2.45, 2.75) is 51.4 Å². The van der Waals surface area contributed by atoms with Crippen molar-refractivity contribution in [3.63, 3.8) is 0 Å². The van der Waals surface area contributed by atoms with E-state index in [0.717, 1.165) is 18.8 Å². The third-order valence-corrected chi connectivity index (χ3v) is 3.87. The number of carbonyl (C=O) groups excluding carboxylic acids is 1. The van der Waals surface area contributed by atoms with Gasteiger partial charge in [0.25, 0.3) is 0 Å². The van der Waals surface area contributed by atoms with E-state index in [4.69, 9.17) is 9.47 Å². The zero-order valence-corrected chi connectivity index (χ0v) is 12.3. The molecular formula is C17H24O3. The van der Waals surface area contributed by atoms with Crippen LogP contribution in [0.15, 0.2) is 24.3 Å². The van der Waals surface area contributed by atoms with Gasteiger partial charge in [0.2, 0.25) is 0 Å². The van der Waals surface area contributed by atoms with Crippen LogP contribution >= 0.6 is 0 Å². The fourth-order valence-electron chi connectivity index (χ4n) is 2.85.